The number of nitrogens with zero attached hydrogens (tertiary/aromatic N) is 4. The lowest BCUT2D eigenvalue weighted by atomic mass is 10.0. The second-order valence-corrected chi connectivity index (χ2v) is 16.6. The topological polar surface area (TPSA) is 43.6 Å². The summed E-state index contributed by atoms with van der Waals surface area (Å²) in [4.78, 5) is 15.3. The van der Waals surface area contributed by atoms with Crippen molar-refractivity contribution in [3.63, 3.8) is 0 Å². The van der Waals surface area contributed by atoms with Crippen LogP contribution in [-0.4, -0.2) is 19.5 Å². The Kier molecular flexibility index (Phi) is 7.24. The van der Waals surface area contributed by atoms with Crippen molar-refractivity contribution in [2.75, 3.05) is 0 Å². The van der Waals surface area contributed by atoms with Gasteiger partial charge in [0.15, 0.2) is 17.5 Å². The summed E-state index contributed by atoms with van der Waals surface area (Å²) >= 11 is 3.67. The summed E-state index contributed by atoms with van der Waals surface area (Å²) in [5.41, 5.74) is 8.68. The maximum atomic E-state index is 5.16. The highest BCUT2D eigenvalue weighted by Crippen LogP contribution is 2.44. The molecule has 266 valence electrons. The molecule has 0 atom stereocenters. The molecule has 0 aliphatic carbocycles. The maximum Gasteiger partial charge on any atom is 0.164 e. The van der Waals surface area contributed by atoms with Gasteiger partial charge in [-0.1, -0.05) is 127 Å². The quantitative estimate of drug-likeness (QED) is 0.175. The van der Waals surface area contributed by atoms with Crippen LogP contribution >= 0.6 is 22.7 Å². The molecular formula is C51H30N4S2. The first-order valence-corrected chi connectivity index (χ1v) is 20.6. The van der Waals surface area contributed by atoms with E-state index in [2.05, 4.69) is 150 Å². The lowest BCUT2D eigenvalue weighted by Gasteiger charge is -2.14. The van der Waals surface area contributed by atoms with Gasteiger partial charge in [0, 0.05) is 67.8 Å². The van der Waals surface area contributed by atoms with Crippen LogP contribution in [-0.2, 0) is 0 Å². The van der Waals surface area contributed by atoms with E-state index in [1.54, 1.807) is 0 Å². The highest BCUT2D eigenvalue weighted by Gasteiger charge is 2.21. The third-order valence-corrected chi connectivity index (χ3v) is 13.3. The lowest BCUT2D eigenvalue weighted by Crippen LogP contribution is -2.01. The molecule has 0 fully saturated rings. The zero-order chi connectivity index (χ0) is 37.5. The Morgan fingerprint density at radius 2 is 0.825 bits per heavy atom. The van der Waals surface area contributed by atoms with Crippen LogP contribution in [0.5, 0.6) is 0 Å². The highest BCUT2D eigenvalue weighted by atomic mass is 32.1. The average molecular weight is 763 g/mol. The standard InChI is InChI=1S/C51H30N4S2/c1-3-13-31(14-4-1)49-52-50(32-15-5-2-6-16-32)54-51(53-49)35-29-43(48-38-19-9-12-22-45(38)57-47(48)30-35)55-41-20-10-7-17-36(41)39-27-33(23-25-42(39)55)34-24-26-46-40(28-34)37-18-8-11-21-44(37)56-46/h1-30H. The van der Waals surface area contributed by atoms with Gasteiger partial charge in [0.1, 0.15) is 0 Å². The first-order valence-electron chi connectivity index (χ1n) is 19.0. The number of fused-ring (bicyclic) bond motifs is 9. The van der Waals surface area contributed by atoms with Crippen molar-refractivity contribution in [2.45, 2.75) is 0 Å². The summed E-state index contributed by atoms with van der Waals surface area (Å²) in [5.74, 6) is 1.94. The first kappa shape index (κ1) is 32.3. The Labute approximate surface area is 335 Å². The molecule has 0 saturated heterocycles. The van der Waals surface area contributed by atoms with E-state index in [9.17, 15) is 0 Å². The second-order valence-electron chi connectivity index (χ2n) is 14.4. The van der Waals surface area contributed by atoms with Gasteiger partial charge in [-0.15, -0.1) is 22.7 Å². The fourth-order valence-corrected chi connectivity index (χ4v) is 10.6. The summed E-state index contributed by atoms with van der Waals surface area (Å²) in [7, 11) is 0. The molecule has 0 saturated carbocycles. The summed E-state index contributed by atoms with van der Waals surface area (Å²) in [6.45, 7) is 0. The molecule has 0 aliphatic rings. The van der Waals surface area contributed by atoms with Gasteiger partial charge in [0.2, 0.25) is 0 Å². The van der Waals surface area contributed by atoms with Crippen molar-refractivity contribution in [2.24, 2.45) is 0 Å². The molecule has 0 bridgehead atoms. The number of hydrogen-bond donors (Lipinski definition) is 0. The predicted octanol–water partition coefficient (Wildman–Crippen LogP) is 14.4. The minimum atomic E-state index is 0.641. The Morgan fingerprint density at radius 1 is 0.316 bits per heavy atom. The van der Waals surface area contributed by atoms with Crippen molar-refractivity contribution < 1.29 is 0 Å². The molecule has 0 radical (unpaired) electrons. The molecule has 4 aromatic heterocycles. The minimum absolute atomic E-state index is 0.641. The molecule has 4 heterocycles. The molecule has 0 unspecified atom stereocenters. The zero-order valence-corrected chi connectivity index (χ0v) is 32.1. The number of hydrogen-bond acceptors (Lipinski definition) is 5. The van der Waals surface area contributed by atoms with Gasteiger partial charge in [0.25, 0.3) is 0 Å². The fraction of sp³-hybridized carbons (Fsp3) is 0. The van der Waals surface area contributed by atoms with Crippen molar-refractivity contribution in [3.05, 3.63) is 182 Å². The molecule has 4 nitrogen and oxygen atoms in total. The van der Waals surface area contributed by atoms with Crippen molar-refractivity contribution >= 4 is 84.8 Å². The molecule has 6 heteroatoms. The van der Waals surface area contributed by atoms with E-state index in [0.717, 1.165) is 33.4 Å². The third-order valence-electron chi connectivity index (χ3n) is 11.0. The Bertz CT molecular complexity index is 3470. The highest BCUT2D eigenvalue weighted by molar-refractivity contribution is 7.26. The van der Waals surface area contributed by atoms with Crippen LogP contribution < -0.4 is 0 Å². The normalized spacial score (nSPS) is 11.9. The molecule has 8 aromatic carbocycles. The fourth-order valence-electron chi connectivity index (χ4n) is 8.39. The minimum Gasteiger partial charge on any atom is -0.309 e. The summed E-state index contributed by atoms with van der Waals surface area (Å²) < 4.78 is 7.52. The van der Waals surface area contributed by atoms with Crippen molar-refractivity contribution in [1.29, 1.82) is 0 Å². The van der Waals surface area contributed by atoms with E-state index >= 15 is 0 Å². The van der Waals surface area contributed by atoms with Crippen LogP contribution in [0.1, 0.15) is 0 Å². The van der Waals surface area contributed by atoms with Crippen molar-refractivity contribution in [1.82, 2.24) is 19.5 Å². The van der Waals surface area contributed by atoms with Gasteiger partial charge in [0.05, 0.1) is 16.7 Å². The van der Waals surface area contributed by atoms with Gasteiger partial charge in [-0.3, -0.25) is 0 Å². The van der Waals surface area contributed by atoms with Crippen LogP contribution in [0.15, 0.2) is 182 Å². The summed E-state index contributed by atoms with van der Waals surface area (Å²) in [6.07, 6.45) is 0. The lowest BCUT2D eigenvalue weighted by molar-refractivity contribution is 1.07. The van der Waals surface area contributed by atoms with E-state index in [4.69, 9.17) is 15.0 Å². The van der Waals surface area contributed by atoms with Crippen LogP contribution in [0.2, 0.25) is 0 Å². The number of rotatable bonds is 5. The molecule has 0 spiro atoms. The third kappa shape index (κ3) is 5.22. The SMILES string of the molecule is c1ccc(-c2nc(-c3ccccc3)nc(-c3cc(-n4c5ccccc5c5cc(-c6ccc7sc8ccccc8c7c6)ccc54)c4c(c3)sc3ccccc34)n2)cc1. The van der Waals surface area contributed by atoms with E-state index in [-0.39, 0.29) is 0 Å². The second kappa shape index (κ2) is 12.8. The summed E-state index contributed by atoms with van der Waals surface area (Å²) in [5, 5.41) is 7.52. The molecule has 0 N–H and O–H groups in total. The Hall–Kier alpha value is -6.99. The molecule has 0 amide bonds. The number of aromatic nitrogens is 4. The van der Waals surface area contributed by atoms with E-state index in [0.29, 0.717) is 17.5 Å². The Balaban J connectivity index is 1.11. The molecule has 12 rings (SSSR count). The van der Waals surface area contributed by atoms with Crippen molar-refractivity contribution in [3.8, 4) is 51.0 Å². The van der Waals surface area contributed by atoms with Crippen LogP contribution in [0, 0.1) is 0 Å². The largest absolute Gasteiger partial charge is 0.309 e. The van der Waals surface area contributed by atoms with Gasteiger partial charge in [-0.05, 0) is 65.7 Å². The van der Waals surface area contributed by atoms with Crippen LogP contribution in [0.3, 0.4) is 0 Å². The summed E-state index contributed by atoms with van der Waals surface area (Å²) in [6, 6.07) is 65.0. The predicted molar refractivity (Wildman–Crippen MR) is 242 cm³/mol. The monoisotopic (exact) mass is 762 g/mol. The van der Waals surface area contributed by atoms with E-state index in [1.807, 2.05) is 59.1 Å². The van der Waals surface area contributed by atoms with Gasteiger partial charge >= 0.3 is 0 Å². The average Bonchev–Trinajstić information content (AvgIpc) is 3.95. The number of para-hydroxylation sites is 1. The first-order chi connectivity index (χ1) is 28.2. The number of benzene rings is 8. The molecular weight excluding hydrogens is 733 g/mol. The van der Waals surface area contributed by atoms with Gasteiger partial charge in [-0.25, -0.2) is 15.0 Å². The van der Waals surface area contributed by atoms with Gasteiger partial charge in [-0.2, -0.15) is 0 Å². The van der Waals surface area contributed by atoms with Crippen LogP contribution in [0.25, 0.3) is 113 Å². The van der Waals surface area contributed by atoms with E-state index < -0.39 is 0 Å². The number of thiophene rings is 2. The van der Waals surface area contributed by atoms with Gasteiger partial charge < -0.3 is 4.57 Å². The van der Waals surface area contributed by atoms with E-state index in [1.165, 1.54) is 62.2 Å². The Morgan fingerprint density at radius 3 is 1.54 bits per heavy atom. The maximum absolute atomic E-state index is 5.16. The molecule has 0 aliphatic heterocycles. The molecule has 12 aromatic rings. The smallest absolute Gasteiger partial charge is 0.164 e. The zero-order valence-electron chi connectivity index (χ0n) is 30.4. The van der Waals surface area contributed by atoms with Crippen LogP contribution in [0.4, 0.5) is 0 Å². The molecule has 57 heavy (non-hydrogen) atoms.